The fraction of sp³-hybridized carbons (Fsp3) is 0.300. The van der Waals surface area contributed by atoms with E-state index in [1.165, 1.54) is 11.1 Å². The fourth-order valence-electron chi connectivity index (χ4n) is 1.09. The van der Waals surface area contributed by atoms with Crippen molar-refractivity contribution in [2.75, 3.05) is 0 Å². The molecular formula is C10H13NS. The molecule has 12 heavy (non-hydrogen) atoms. The number of thiocarbonyl (C=S) groups is 1. The van der Waals surface area contributed by atoms with Gasteiger partial charge in [-0.2, -0.15) is 0 Å². The number of benzene rings is 1. The van der Waals surface area contributed by atoms with Crippen molar-refractivity contribution in [1.29, 1.82) is 0 Å². The Balaban J connectivity index is 2.71. The van der Waals surface area contributed by atoms with E-state index in [1.54, 1.807) is 0 Å². The predicted octanol–water partition coefficient (Wildman–Crippen LogP) is 2.08. The van der Waals surface area contributed by atoms with Crippen molar-refractivity contribution in [1.82, 2.24) is 0 Å². The monoisotopic (exact) mass is 179 g/mol. The molecule has 1 aromatic carbocycles. The van der Waals surface area contributed by atoms with Crippen LogP contribution >= 0.6 is 12.2 Å². The van der Waals surface area contributed by atoms with Gasteiger partial charge >= 0.3 is 0 Å². The second-order valence-electron chi connectivity index (χ2n) is 2.81. The Kier molecular flexibility index (Phi) is 3.23. The second-order valence-corrected chi connectivity index (χ2v) is 3.34. The smallest absolute Gasteiger partial charge is 0.0771 e. The van der Waals surface area contributed by atoms with Crippen molar-refractivity contribution in [3.05, 3.63) is 35.4 Å². The molecule has 0 amide bonds. The molecule has 1 nitrogen and oxygen atoms in total. The molecule has 0 bridgehead atoms. The Hall–Kier alpha value is -0.890. The molecule has 0 atom stereocenters. The zero-order valence-electron chi connectivity index (χ0n) is 7.21. The van der Waals surface area contributed by atoms with E-state index in [1.807, 2.05) is 0 Å². The van der Waals surface area contributed by atoms with Gasteiger partial charge in [-0.25, -0.2) is 0 Å². The summed E-state index contributed by atoms with van der Waals surface area (Å²) in [7, 11) is 0. The molecule has 0 saturated heterocycles. The maximum atomic E-state index is 5.43. The highest BCUT2D eigenvalue weighted by atomic mass is 32.1. The first-order valence-corrected chi connectivity index (χ1v) is 4.49. The molecule has 0 spiro atoms. The molecule has 0 fully saturated rings. The summed E-state index contributed by atoms with van der Waals surface area (Å²) in [6, 6.07) is 8.40. The van der Waals surface area contributed by atoms with Crippen LogP contribution in [-0.4, -0.2) is 4.99 Å². The molecule has 0 heterocycles. The first-order valence-electron chi connectivity index (χ1n) is 4.08. The zero-order chi connectivity index (χ0) is 8.97. The van der Waals surface area contributed by atoms with Crippen molar-refractivity contribution >= 4 is 17.2 Å². The van der Waals surface area contributed by atoms with Crippen molar-refractivity contribution in [3.8, 4) is 0 Å². The van der Waals surface area contributed by atoms with Crippen molar-refractivity contribution in [2.45, 2.75) is 19.8 Å². The summed E-state index contributed by atoms with van der Waals surface area (Å²) in [5.41, 5.74) is 7.97. The summed E-state index contributed by atoms with van der Waals surface area (Å²) >= 11 is 4.82. The summed E-state index contributed by atoms with van der Waals surface area (Å²) in [6.45, 7) is 2.14. The van der Waals surface area contributed by atoms with Crippen LogP contribution in [0, 0.1) is 0 Å². The third-order valence-electron chi connectivity index (χ3n) is 1.81. The second kappa shape index (κ2) is 4.21. The van der Waals surface area contributed by atoms with Gasteiger partial charge in [0, 0.05) is 6.42 Å². The molecule has 0 aromatic heterocycles. The van der Waals surface area contributed by atoms with Crippen LogP contribution in [0.15, 0.2) is 24.3 Å². The summed E-state index contributed by atoms with van der Waals surface area (Å²) < 4.78 is 0. The Morgan fingerprint density at radius 1 is 1.25 bits per heavy atom. The first kappa shape index (κ1) is 9.20. The Morgan fingerprint density at radius 3 is 2.17 bits per heavy atom. The lowest BCUT2D eigenvalue weighted by molar-refractivity contribution is 1.13. The van der Waals surface area contributed by atoms with Gasteiger partial charge in [-0.3, -0.25) is 0 Å². The van der Waals surface area contributed by atoms with Crippen molar-refractivity contribution in [2.24, 2.45) is 5.73 Å². The maximum absolute atomic E-state index is 5.43. The molecule has 0 aliphatic heterocycles. The van der Waals surface area contributed by atoms with E-state index < -0.39 is 0 Å². The fourth-order valence-corrected chi connectivity index (χ4v) is 1.26. The normalized spacial score (nSPS) is 9.75. The highest BCUT2D eigenvalue weighted by Crippen LogP contribution is 2.05. The minimum Gasteiger partial charge on any atom is -0.393 e. The molecule has 64 valence electrons. The van der Waals surface area contributed by atoms with E-state index in [0.29, 0.717) is 11.4 Å². The van der Waals surface area contributed by atoms with Gasteiger partial charge in [-0.15, -0.1) is 0 Å². The molecule has 0 aliphatic rings. The number of hydrogen-bond donors (Lipinski definition) is 1. The van der Waals surface area contributed by atoms with Crippen LogP contribution in [0.4, 0.5) is 0 Å². The first-order chi connectivity index (χ1) is 5.72. The molecule has 0 unspecified atom stereocenters. The van der Waals surface area contributed by atoms with Crippen molar-refractivity contribution < 1.29 is 0 Å². The van der Waals surface area contributed by atoms with E-state index in [9.17, 15) is 0 Å². The highest BCUT2D eigenvalue weighted by molar-refractivity contribution is 7.80. The number of aryl methyl sites for hydroxylation is 1. The van der Waals surface area contributed by atoms with E-state index in [4.69, 9.17) is 18.0 Å². The topological polar surface area (TPSA) is 26.0 Å². The van der Waals surface area contributed by atoms with Gasteiger partial charge in [-0.05, 0) is 17.5 Å². The standard InChI is InChI=1S/C10H13NS/c1-2-8-3-5-9(6-4-8)7-10(11)12/h3-6H,2,7H2,1H3,(H2,11,12). The van der Waals surface area contributed by atoms with E-state index in [-0.39, 0.29) is 0 Å². The molecule has 1 rings (SSSR count). The van der Waals surface area contributed by atoms with Gasteiger partial charge in [-0.1, -0.05) is 43.4 Å². The van der Waals surface area contributed by atoms with E-state index in [2.05, 4.69) is 31.2 Å². The third-order valence-corrected chi connectivity index (χ3v) is 1.95. The highest BCUT2D eigenvalue weighted by Gasteiger charge is 1.94. The van der Waals surface area contributed by atoms with Crippen LogP contribution in [0.2, 0.25) is 0 Å². The SMILES string of the molecule is CCc1ccc(CC(N)=S)cc1. The summed E-state index contributed by atoms with van der Waals surface area (Å²) in [6.07, 6.45) is 1.78. The summed E-state index contributed by atoms with van der Waals surface area (Å²) in [4.78, 5) is 0.555. The van der Waals surface area contributed by atoms with Crippen LogP contribution < -0.4 is 5.73 Å². The number of nitrogens with two attached hydrogens (primary N) is 1. The number of hydrogen-bond acceptors (Lipinski definition) is 1. The average molecular weight is 179 g/mol. The number of rotatable bonds is 3. The average Bonchev–Trinajstić information content (AvgIpc) is 2.05. The lowest BCUT2D eigenvalue weighted by atomic mass is 10.1. The lowest BCUT2D eigenvalue weighted by Crippen LogP contribution is -2.10. The largest absolute Gasteiger partial charge is 0.393 e. The van der Waals surface area contributed by atoms with Gasteiger partial charge < -0.3 is 5.73 Å². The summed E-state index contributed by atoms with van der Waals surface area (Å²) in [5.74, 6) is 0. The Bertz CT molecular complexity index is 264. The van der Waals surface area contributed by atoms with Gasteiger partial charge in [0.1, 0.15) is 0 Å². The summed E-state index contributed by atoms with van der Waals surface area (Å²) in [5, 5.41) is 0. The third kappa shape index (κ3) is 2.62. The van der Waals surface area contributed by atoms with Crippen LogP contribution in [-0.2, 0) is 12.8 Å². The molecule has 2 N–H and O–H groups in total. The van der Waals surface area contributed by atoms with Crippen LogP contribution in [0.3, 0.4) is 0 Å². The molecule has 0 radical (unpaired) electrons. The predicted molar refractivity (Wildman–Crippen MR) is 56.3 cm³/mol. The zero-order valence-corrected chi connectivity index (χ0v) is 8.03. The van der Waals surface area contributed by atoms with Gasteiger partial charge in [0.05, 0.1) is 4.99 Å². The molecule has 1 aromatic rings. The van der Waals surface area contributed by atoms with Crippen LogP contribution in [0.1, 0.15) is 18.1 Å². The maximum Gasteiger partial charge on any atom is 0.0771 e. The molecular weight excluding hydrogens is 166 g/mol. The van der Waals surface area contributed by atoms with Crippen molar-refractivity contribution in [3.63, 3.8) is 0 Å². The lowest BCUT2D eigenvalue weighted by Gasteiger charge is -2.00. The minimum absolute atomic E-state index is 0.555. The van der Waals surface area contributed by atoms with E-state index in [0.717, 1.165) is 6.42 Å². The molecule has 0 saturated carbocycles. The van der Waals surface area contributed by atoms with Gasteiger partial charge in [0.2, 0.25) is 0 Å². The Labute approximate surface area is 78.6 Å². The minimum atomic E-state index is 0.555. The van der Waals surface area contributed by atoms with Crippen LogP contribution in [0.5, 0.6) is 0 Å². The van der Waals surface area contributed by atoms with E-state index >= 15 is 0 Å². The van der Waals surface area contributed by atoms with Crippen LogP contribution in [0.25, 0.3) is 0 Å². The molecule has 2 heteroatoms. The molecule has 0 aliphatic carbocycles. The quantitative estimate of drug-likeness (QED) is 0.719. The van der Waals surface area contributed by atoms with Gasteiger partial charge in [0.25, 0.3) is 0 Å². The van der Waals surface area contributed by atoms with Gasteiger partial charge in [0.15, 0.2) is 0 Å². The Morgan fingerprint density at radius 2 is 1.75 bits per heavy atom.